The molecule has 0 saturated carbocycles. The van der Waals surface area contributed by atoms with Crippen molar-refractivity contribution in [3.05, 3.63) is 40.3 Å². The fourth-order valence-corrected chi connectivity index (χ4v) is 4.80. The maximum Gasteiger partial charge on any atom is 0.225 e. The molecule has 0 N–H and O–H groups in total. The normalized spacial score (nSPS) is 23.9. The first-order valence-electron chi connectivity index (χ1n) is 8.76. The molecule has 0 spiro atoms. The van der Waals surface area contributed by atoms with Crippen molar-refractivity contribution in [2.24, 2.45) is 0 Å². The molecule has 2 aromatic heterocycles. The minimum atomic E-state index is -0.0615. The Morgan fingerprint density at radius 2 is 2.38 bits per heavy atom. The summed E-state index contributed by atoms with van der Waals surface area (Å²) in [7, 11) is 0. The molecule has 24 heavy (non-hydrogen) atoms. The molecule has 2 aliphatic heterocycles. The van der Waals surface area contributed by atoms with Crippen LogP contribution in [0.2, 0.25) is 0 Å². The topological polar surface area (TPSA) is 47.4 Å². The molecule has 0 aromatic carbocycles. The molecule has 1 amide bonds. The molecule has 0 aliphatic carbocycles. The summed E-state index contributed by atoms with van der Waals surface area (Å²) in [6.45, 7) is 2.36. The molecule has 4 heterocycles. The van der Waals surface area contributed by atoms with E-state index in [9.17, 15) is 4.79 Å². The van der Waals surface area contributed by atoms with Gasteiger partial charge in [0.25, 0.3) is 0 Å². The standard InChI is InChI=1S/C18H23N3O2S/c22-17(12-16-18-14(5-10-23-16)6-11-24-18)21-9-2-1-4-15(21)13-20-8-3-7-19-20/h3,6-8,11,15-16H,1-2,4-5,9-10,12-13H2/t15-,16+/m0/s1. The third-order valence-electron chi connectivity index (χ3n) is 5.03. The zero-order valence-electron chi connectivity index (χ0n) is 13.8. The van der Waals surface area contributed by atoms with E-state index in [1.54, 1.807) is 17.5 Å². The summed E-state index contributed by atoms with van der Waals surface area (Å²) < 4.78 is 7.85. The average Bonchev–Trinajstić information content (AvgIpc) is 3.27. The Labute approximate surface area is 146 Å². The van der Waals surface area contributed by atoms with E-state index in [-0.39, 0.29) is 18.1 Å². The van der Waals surface area contributed by atoms with Crippen LogP contribution in [-0.4, -0.2) is 39.8 Å². The van der Waals surface area contributed by atoms with Crippen LogP contribution in [0.3, 0.4) is 0 Å². The van der Waals surface area contributed by atoms with Crippen LogP contribution in [0.25, 0.3) is 0 Å². The van der Waals surface area contributed by atoms with Crippen molar-refractivity contribution in [1.82, 2.24) is 14.7 Å². The van der Waals surface area contributed by atoms with Crippen LogP contribution in [0.5, 0.6) is 0 Å². The smallest absolute Gasteiger partial charge is 0.225 e. The van der Waals surface area contributed by atoms with Crippen LogP contribution < -0.4 is 0 Å². The van der Waals surface area contributed by atoms with Gasteiger partial charge < -0.3 is 9.64 Å². The van der Waals surface area contributed by atoms with Gasteiger partial charge in [0.15, 0.2) is 0 Å². The lowest BCUT2D eigenvalue weighted by atomic mass is 10.00. The molecule has 2 aliphatic rings. The minimum absolute atomic E-state index is 0.0615. The van der Waals surface area contributed by atoms with Gasteiger partial charge in [-0.3, -0.25) is 9.48 Å². The van der Waals surface area contributed by atoms with Gasteiger partial charge in [-0.1, -0.05) is 0 Å². The van der Waals surface area contributed by atoms with E-state index in [1.165, 1.54) is 16.9 Å². The summed E-state index contributed by atoms with van der Waals surface area (Å²) in [5.74, 6) is 0.220. The first-order valence-corrected chi connectivity index (χ1v) is 9.64. The number of amides is 1. The molecular formula is C18H23N3O2S. The number of carbonyl (C=O) groups is 1. The summed E-state index contributed by atoms with van der Waals surface area (Å²) in [5.41, 5.74) is 1.36. The predicted octanol–water partition coefficient (Wildman–Crippen LogP) is 3.03. The first-order chi connectivity index (χ1) is 11.8. The molecule has 0 bridgehead atoms. The summed E-state index contributed by atoms with van der Waals surface area (Å²) in [6.07, 6.45) is 8.47. The number of fused-ring (bicyclic) bond motifs is 1. The number of ether oxygens (including phenoxy) is 1. The molecule has 2 aromatic rings. The van der Waals surface area contributed by atoms with E-state index < -0.39 is 0 Å². The second kappa shape index (κ2) is 7.07. The molecule has 4 rings (SSSR count). The highest BCUT2D eigenvalue weighted by Gasteiger charge is 2.31. The number of nitrogens with zero attached hydrogens (tertiary/aromatic N) is 3. The lowest BCUT2D eigenvalue weighted by molar-refractivity contribution is -0.138. The van der Waals surface area contributed by atoms with Crippen molar-refractivity contribution in [2.75, 3.05) is 13.2 Å². The Bertz CT molecular complexity index is 682. The molecular weight excluding hydrogens is 322 g/mol. The highest BCUT2D eigenvalue weighted by Crippen LogP contribution is 2.35. The summed E-state index contributed by atoms with van der Waals surface area (Å²) in [5, 5.41) is 6.41. The van der Waals surface area contributed by atoms with Crippen molar-refractivity contribution in [3.63, 3.8) is 0 Å². The largest absolute Gasteiger partial charge is 0.372 e. The SMILES string of the molecule is O=C(C[C@H]1OCCc2ccsc21)N1CCCC[C@H]1Cn1cccn1. The third-order valence-corrected chi connectivity index (χ3v) is 6.08. The summed E-state index contributed by atoms with van der Waals surface area (Å²) in [4.78, 5) is 16.3. The van der Waals surface area contributed by atoms with E-state index in [2.05, 4.69) is 21.4 Å². The van der Waals surface area contributed by atoms with Crippen molar-refractivity contribution < 1.29 is 9.53 Å². The van der Waals surface area contributed by atoms with Gasteiger partial charge in [-0.2, -0.15) is 5.10 Å². The predicted molar refractivity (Wildman–Crippen MR) is 92.9 cm³/mol. The fourth-order valence-electron chi connectivity index (χ4n) is 3.79. The van der Waals surface area contributed by atoms with E-state index in [0.717, 1.165) is 39.0 Å². The highest BCUT2D eigenvalue weighted by molar-refractivity contribution is 7.10. The molecule has 6 heteroatoms. The zero-order valence-corrected chi connectivity index (χ0v) is 14.6. The number of aromatic nitrogens is 2. The Morgan fingerprint density at radius 1 is 1.42 bits per heavy atom. The molecule has 0 radical (unpaired) electrons. The number of likely N-dealkylation sites (tertiary alicyclic amines) is 1. The molecule has 128 valence electrons. The second-order valence-electron chi connectivity index (χ2n) is 6.59. The van der Waals surface area contributed by atoms with E-state index >= 15 is 0 Å². The Balaban J connectivity index is 1.44. The number of thiophene rings is 1. The third kappa shape index (κ3) is 3.26. The molecule has 1 saturated heterocycles. The Hall–Kier alpha value is -1.66. The maximum atomic E-state index is 13.0. The van der Waals surface area contributed by atoms with Crippen molar-refractivity contribution in [1.29, 1.82) is 0 Å². The fraction of sp³-hybridized carbons (Fsp3) is 0.556. The molecule has 0 unspecified atom stereocenters. The second-order valence-corrected chi connectivity index (χ2v) is 7.54. The van der Waals surface area contributed by atoms with E-state index in [1.807, 2.05) is 16.9 Å². The van der Waals surface area contributed by atoms with Crippen LogP contribution in [0.1, 0.15) is 42.2 Å². The van der Waals surface area contributed by atoms with Crippen LogP contribution in [0.4, 0.5) is 0 Å². The van der Waals surface area contributed by atoms with Gasteiger partial charge >= 0.3 is 0 Å². The van der Waals surface area contributed by atoms with Gasteiger partial charge in [-0.25, -0.2) is 0 Å². The van der Waals surface area contributed by atoms with Crippen molar-refractivity contribution in [2.45, 2.75) is 50.8 Å². The number of piperidine rings is 1. The van der Waals surface area contributed by atoms with Crippen LogP contribution >= 0.6 is 11.3 Å². The van der Waals surface area contributed by atoms with Crippen LogP contribution in [-0.2, 0) is 22.5 Å². The zero-order chi connectivity index (χ0) is 16.4. The van der Waals surface area contributed by atoms with E-state index in [0.29, 0.717) is 6.42 Å². The monoisotopic (exact) mass is 345 g/mol. The minimum Gasteiger partial charge on any atom is -0.372 e. The average molecular weight is 345 g/mol. The van der Waals surface area contributed by atoms with Gasteiger partial charge in [0.05, 0.1) is 25.6 Å². The number of rotatable bonds is 4. The van der Waals surface area contributed by atoms with Crippen molar-refractivity contribution >= 4 is 17.2 Å². The van der Waals surface area contributed by atoms with Gasteiger partial charge in [0, 0.05) is 23.8 Å². The molecule has 5 nitrogen and oxygen atoms in total. The Kier molecular flexibility index (Phi) is 4.67. The summed E-state index contributed by atoms with van der Waals surface area (Å²) in [6, 6.07) is 4.35. The van der Waals surface area contributed by atoms with E-state index in [4.69, 9.17) is 4.74 Å². The van der Waals surface area contributed by atoms with Crippen LogP contribution in [0.15, 0.2) is 29.9 Å². The molecule has 2 atom stereocenters. The maximum absolute atomic E-state index is 13.0. The Morgan fingerprint density at radius 3 is 3.25 bits per heavy atom. The summed E-state index contributed by atoms with van der Waals surface area (Å²) >= 11 is 1.72. The number of hydrogen-bond acceptors (Lipinski definition) is 4. The first kappa shape index (κ1) is 15.8. The van der Waals surface area contributed by atoms with Gasteiger partial charge in [-0.15, -0.1) is 11.3 Å². The van der Waals surface area contributed by atoms with Gasteiger partial charge in [0.1, 0.15) is 6.10 Å². The van der Waals surface area contributed by atoms with Gasteiger partial charge in [-0.05, 0) is 48.8 Å². The molecule has 1 fully saturated rings. The van der Waals surface area contributed by atoms with Crippen LogP contribution in [0, 0.1) is 0 Å². The lowest BCUT2D eigenvalue weighted by Gasteiger charge is -2.37. The lowest BCUT2D eigenvalue weighted by Crippen LogP contribution is -2.46. The van der Waals surface area contributed by atoms with Crippen molar-refractivity contribution in [3.8, 4) is 0 Å². The van der Waals surface area contributed by atoms with Gasteiger partial charge in [0.2, 0.25) is 5.91 Å². The number of carbonyl (C=O) groups excluding carboxylic acids is 1. The quantitative estimate of drug-likeness (QED) is 0.856. The highest BCUT2D eigenvalue weighted by atomic mass is 32.1. The number of hydrogen-bond donors (Lipinski definition) is 0.